The first kappa shape index (κ1) is 13.5. The molecule has 0 unspecified atom stereocenters. The lowest BCUT2D eigenvalue weighted by Crippen LogP contribution is -2.28. The number of amides is 1. The van der Waals surface area contributed by atoms with Crippen molar-refractivity contribution in [1.29, 1.82) is 0 Å². The summed E-state index contributed by atoms with van der Waals surface area (Å²) in [4.78, 5) is 11.2. The van der Waals surface area contributed by atoms with E-state index in [4.69, 9.17) is 0 Å². The Morgan fingerprint density at radius 1 is 1.21 bits per heavy atom. The normalized spacial score (nSPS) is 12.5. The van der Waals surface area contributed by atoms with Crippen LogP contribution >= 0.6 is 0 Å². The van der Waals surface area contributed by atoms with Crippen LogP contribution < -0.4 is 5.32 Å². The average molecular weight is 199 g/mol. The van der Waals surface area contributed by atoms with Gasteiger partial charge in [0.25, 0.3) is 0 Å². The summed E-state index contributed by atoms with van der Waals surface area (Å²) in [6.45, 7) is 7.32. The minimum atomic E-state index is 0.211. The second-order valence-corrected chi connectivity index (χ2v) is 3.97. The van der Waals surface area contributed by atoms with Crippen LogP contribution in [0.4, 0.5) is 0 Å². The van der Waals surface area contributed by atoms with E-state index in [-0.39, 0.29) is 5.91 Å². The largest absolute Gasteiger partial charge is 0.356 e. The maximum Gasteiger partial charge on any atom is 0.219 e. The van der Waals surface area contributed by atoms with E-state index in [1.54, 1.807) is 0 Å². The smallest absolute Gasteiger partial charge is 0.219 e. The van der Waals surface area contributed by atoms with E-state index in [2.05, 4.69) is 19.2 Å². The third kappa shape index (κ3) is 6.93. The molecule has 14 heavy (non-hydrogen) atoms. The molecule has 0 bridgehead atoms. The van der Waals surface area contributed by atoms with Crippen molar-refractivity contribution in [2.75, 3.05) is 6.54 Å². The first-order chi connectivity index (χ1) is 6.74. The van der Waals surface area contributed by atoms with Crippen molar-refractivity contribution in [3.05, 3.63) is 0 Å². The lowest BCUT2D eigenvalue weighted by Gasteiger charge is -2.14. The fourth-order valence-corrected chi connectivity index (χ4v) is 1.52. The molecule has 0 fully saturated rings. The Morgan fingerprint density at radius 2 is 1.93 bits per heavy atom. The molecule has 2 nitrogen and oxygen atoms in total. The van der Waals surface area contributed by atoms with Gasteiger partial charge in [-0.25, -0.2) is 0 Å². The zero-order valence-electron chi connectivity index (χ0n) is 9.94. The van der Waals surface area contributed by atoms with Crippen LogP contribution in [-0.4, -0.2) is 12.5 Å². The lowest BCUT2D eigenvalue weighted by molar-refractivity contribution is -0.121. The maximum absolute atomic E-state index is 11.2. The van der Waals surface area contributed by atoms with Crippen LogP contribution in [0.2, 0.25) is 0 Å². The summed E-state index contributed by atoms with van der Waals surface area (Å²) in [6, 6.07) is 0. The summed E-state index contributed by atoms with van der Waals surface area (Å²) in [5, 5.41) is 3.00. The monoisotopic (exact) mass is 199 g/mol. The predicted molar refractivity (Wildman–Crippen MR) is 61.2 cm³/mol. The van der Waals surface area contributed by atoms with Gasteiger partial charge in [-0.3, -0.25) is 4.79 Å². The van der Waals surface area contributed by atoms with Crippen molar-refractivity contribution in [2.45, 2.75) is 59.3 Å². The van der Waals surface area contributed by atoms with E-state index in [9.17, 15) is 4.79 Å². The SMILES string of the molecule is CCCC[C@@H](CC)CNC(=O)CCC. The van der Waals surface area contributed by atoms with Gasteiger partial charge in [0.15, 0.2) is 0 Å². The summed E-state index contributed by atoms with van der Waals surface area (Å²) >= 11 is 0. The number of nitrogens with one attached hydrogen (secondary N) is 1. The molecule has 0 heterocycles. The van der Waals surface area contributed by atoms with Crippen LogP contribution in [0, 0.1) is 5.92 Å². The van der Waals surface area contributed by atoms with Crippen molar-refractivity contribution in [2.24, 2.45) is 5.92 Å². The van der Waals surface area contributed by atoms with Crippen molar-refractivity contribution in [3.8, 4) is 0 Å². The molecule has 2 heteroatoms. The fourth-order valence-electron chi connectivity index (χ4n) is 1.52. The highest BCUT2D eigenvalue weighted by Gasteiger charge is 2.07. The summed E-state index contributed by atoms with van der Waals surface area (Å²) in [5.41, 5.74) is 0. The van der Waals surface area contributed by atoms with Crippen molar-refractivity contribution < 1.29 is 4.79 Å². The molecule has 0 radical (unpaired) electrons. The van der Waals surface area contributed by atoms with Crippen molar-refractivity contribution in [1.82, 2.24) is 5.32 Å². The van der Waals surface area contributed by atoms with Crippen LogP contribution in [0.5, 0.6) is 0 Å². The number of carbonyl (C=O) groups excluding carboxylic acids is 1. The van der Waals surface area contributed by atoms with Crippen LogP contribution in [0.1, 0.15) is 59.3 Å². The van der Waals surface area contributed by atoms with E-state index in [1.165, 1.54) is 25.7 Å². The molecule has 0 saturated carbocycles. The van der Waals surface area contributed by atoms with Gasteiger partial charge in [-0.1, -0.05) is 40.0 Å². The minimum Gasteiger partial charge on any atom is -0.356 e. The Labute approximate surface area is 88.5 Å². The van der Waals surface area contributed by atoms with E-state index < -0.39 is 0 Å². The summed E-state index contributed by atoms with van der Waals surface area (Å²) in [7, 11) is 0. The molecule has 0 aromatic carbocycles. The van der Waals surface area contributed by atoms with E-state index >= 15 is 0 Å². The van der Waals surface area contributed by atoms with Crippen LogP contribution in [0.15, 0.2) is 0 Å². The molecule has 0 rings (SSSR count). The molecular formula is C12H25NO. The van der Waals surface area contributed by atoms with E-state index in [0.29, 0.717) is 12.3 Å². The standard InChI is InChI=1S/C12H25NO/c1-4-7-9-11(6-3)10-13-12(14)8-5-2/h11H,4-10H2,1-3H3,(H,13,14)/t11-/m1/s1. The number of hydrogen-bond donors (Lipinski definition) is 1. The Morgan fingerprint density at radius 3 is 2.43 bits per heavy atom. The van der Waals surface area contributed by atoms with Gasteiger partial charge in [0.2, 0.25) is 5.91 Å². The Balaban J connectivity index is 3.55. The number of carbonyl (C=O) groups is 1. The Kier molecular flexibility index (Phi) is 8.70. The Hall–Kier alpha value is -0.530. The van der Waals surface area contributed by atoms with Gasteiger partial charge < -0.3 is 5.32 Å². The zero-order chi connectivity index (χ0) is 10.8. The molecule has 84 valence electrons. The van der Waals surface area contributed by atoms with Crippen LogP contribution in [0.3, 0.4) is 0 Å². The highest BCUT2D eigenvalue weighted by atomic mass is 16.1. The minimum absolute atomic E-state index is 0.211. The first-order valence-electron chi connectivity index (χ1n) is 6.01. The predicted octanol–water partition coefficient (Wildman–Crippen LogP) is 3.12. The van der Waals surface area contributed by atoms with Gasteiger partial charge in [-0.2, -0.15) is 0 Å². The van der Waals surface area contributed by atoms with Gasteiger partial charge >= 0.3 is 0 Å². The number of unbranched alkanes of at least 4 members (excludes halogenated alkanes) is 1. The third-order valence-corrected chi connectivity index (χ3v) is 2.61. The summed E-state index contributed by atoms with van der Waals surface area (Å²) < 4.78 is 0. The first-order valence-corrected chi connectivity index (χ1v) is 6.01. The topological polar surface area (TPSA) is 29.1 Å². The molecule has 0 aliphatic heterocycles. The van der Waals surface area contributed by atoms with Crippen LogP contribution in [0.25, 0.3) is 0 Å². The van der Waals surface area contributed by atoms with E-state index in [1.807, 2.05) is 6.92 Å². The van der Waals surface area contributed by atoms with Gasteiger partial charge in [0.1, 0.15) is 0 Å². The molecule has 0 aromatic rings. The molecule has 1 atom stereocenters. The van der Waals surface area contributed by atoms with Crippen molar-refractivity contribution >= 4 is 5.91 Å². The molecule has 1 amide bonds. The molecule has 0 spiro atoms. The zero-order valence-corrected chi connectivity index (χ0v) is 9.94. The lowest BCUT2D eigenvalue weighted by atomic mass is 9.99. The molecule has 0 aliphatic rings. The second-order valence-electron chi connectivity index (χ2n) is 3.97. The highest BCUT2D eigenvalue weighted by Crippen LogP contribution is 2.11. The molecular weight excluding hydrogens is 174 g/mol. The Bertz CT molecular complexity index is 145. The third-order valence-electron chi connectivity index (χ3n) is 2.61. The number of rotatable bonds is 8. The summed E-state index contributed by atoms with van der Waals surface area (Å²) in [6.07, 6.45) is 6.56. The molecule has 1 N–H and O–H groups in total. The molecule has 0 aromatic heterocycles. The molecule has 0 saturated heterocycles. The fraction of sp³-hybridized carbons (Fsp3) is 0.917. The van der Waals surface area contributed by atoms with Gasteiger partial charge in [0, 0.05) is 13.0 Å². The van der Waals surface area contributed by atoms with Crippen LogP contribution in [-0.2, 0) is 4.79 Å². The second kappa shape index (κ2) is 9.04. The van der Waals surface area contributed by atoms with Gasteiger partial charge in [-0.05, 0) is 18.8 Å². The molecule has 0 aliphatic carbocycles. The quantitative estimate of drug-likeness (QED) is 0.639. The van der Waals surface area contributed by atoms with Gasteiger partial charge in [0.05, 0.1) is 0 Å². The average Bonchev–Trinajstić information content (AvgIpc) is 2.19. The number of hydrogen-bond acceptors (Lipinski definition) is 1. The van der Waals surface area contributed by atoms with Gasteiger partial charge in [-0.15, -0.1) is 0 Å². The highest BCUT2D eigenvalue weighted by molar-refractivity contribution is 5.75. The van der Waals surface area contributed by atoms with Crippen molar-refractivity contribution in [3.63, 3.8) is 0 Å². The summed E-state index contributed by atoms with van der Waals surface area (Å²) in [5.74, 6) is 0.887. The maximum atomic E-state index is 11.2. The van der Waals surface area contributed by atoms with E-state index in [0.717, 1.165) is 13.0 Å².